The highest BCUT2D eigenvalue weighted by Gasteiger charge is 2.30. The molecule has 162 valence electrons. The minimum Gasteiger partial charge on any atom is -0.371 e. The molecule has 7 heteroatoms. The second-order valence-electron chi connectivity index (χ2n) is 8.54. The van der Waals surface area contributed by atoms with Crippen LogP contribution in [0.3, 0.4) is 0 Å². The van der Waals surface area contributed by atoms with Crippen molar-refractivity contribution in [1.82, 2.24) is 14.5 Å². The Morgan fingerprint density at radius 1 is 1.00 bits per heavy atom. The molecule has 0 spiro atoms. The van der Waals surface area contributed by atoms with Crippen LogP contribution in [0.25, 0.3) is 11.1 Å². The molecule has 6 nitrogen and oxygen atoms in total. The number of nitrogens with one attached hydrogen (secondary N) is 1. The van der Waals surface area contributed by atoms with E-state index in [0.717, 1.165) is 44.3 Å². The van der Waals surface area contributed by atoms with Crippen molar-refractivity contribution >= 4 is 15.7 Å². The van der Waals surface area contributed by atoms with Gasteiger partial charge in [0.1, 0.15) is 0 Å². The first-order valence-corrected chi connectivity index (χ1v) is 12.5. The quantitative estimate of drug-likeness (QED) is 0.658. The second kappa shape index (κ2) is 8.48. The topological polar surface area (TPSA) is 69.3 Å². The van der Waals surface area contributed by atoms with Crippen LogP contribution in [0.15, 0.2) is 65.8 Å². The number of anilines is 1. The normalized spacial score (nSPS) is 18.1. The van der Waals surface area contributed by atoms with Crippen molar-refractivity contribution in [1.29, 1.82) is 0 Å². The summed E-state index contributed by atoms with van der Waals surface area (Å²) < 4.78 is 27.4. The van der Waals surface area contributed by atoms with Gasteiger partial charge in [-0.2, -0.15) is 9.40 Å². The molecule has 3 heterocycles. The van der Waals surface area contributed by atoms with E-state index in [9.17, 15) is 8.42 Å². The van der Waals surface area contributed by atoms with Gasteiger partial charge in [0, 0.05) is 43.6 Å². The van der Waals surface area contributed by atoms with Crippen LogP contribution in [0.1, 0.15) is 24.8 Å². The third kappa shape index (κ3) is 4.12. The number of aryl methyl sites for hydroxylation is 1. The Labute approximate surface area is 183 Å². The number of hydrogen-bond donors (Lipinski definition) is 1. The van der Waals surface area contributed by atoms with Crippen molar-refractivity contribution in [3.63, 3.8) is 0 Å². The zero-order chi connectivity index (χ0) is 21.3. The Balaban J connectivity index is 1.24. The molecule has 2 aliphatic rings. The number of sulfonamides is 1. The molecular weight excluding hydrogens is 408 g/mol. The third-order valence-corrected chi connectivity index (χ3v) is 8.47. The summed E-state index contributed by atoms with van der Waals surface area (Å²) in [6.45, 7) is 3.27. The second-order valence-corrected chi connectivity index (χ2v) is 10.5. The van der Waals surface area contributed by atoms with Gasteiger partial charge >= 0.3 is 0 Å². The first kappa shape index (κ1) is 20.3. The van der Waals surface area contributed by atoms with Crippen LogP contribution in [0.2, 0.25) is 0 Å². The van der Waals surface area contributed by atoms with Gasteiger partial charge in [0.15, 0.2) is 0 Å². The van der Waals surface area contributed by atoms with Crippen LogP contribution in [-0.4, -0.2) is 49.1 Å². The smallest absolute Gasteiger partial charge is 0.243 e. The minimum atomic E-state index is -3.38. The number of hydrogen-bond acceptors (Lipinski definition) is 4. The average Bonchev–Trinajstić information content (AvgIpc) is 3.35. The standard InChI is InChI=1S/C24H28N4O2S/c29-31(30,23-6-2-1-3-7-23)28-13-10-19(11-14-28)18-27-12-4-5-21-15-20(8-9-24(21)27)22-16-25-26-17-22/h1-3,6-9,15-17,19H,4-5,10-14,18H2,(H,25,26). The molecule has 3 aromatic rings. The molecule has 31 heavy (non-hydrogen) atoms. The number of fused-ring (bicyclic) bond motifs is 1. The van der Waals surface area contributed by atoms with Gasteiger partial charge in [-0.1, -0.05) is 24.3 Å². The summed E-state index contributed by atoms with van der Waals surface area (Å²) in [6.07, 6.45) is 7.86. The molecule has 1 N–H and O–H groups in total. The highest BCUT2D eigenvalue weighted by molar-refractivity contribution is 7.89. The number of benzene rings is 2. The highest BCUT2D eigenvalue weighted by atomic mass is 32.2. The summed E-state index contributed by atoms with van der Waals surface area (Å²) in [5.74, 6) is 0.515. The fourth-order valence-corrected chi connectivity index (χ4v) is 6.33. The van der Waals surface area contributed by atoms with E-state index in [2.05, 4.69) is 33.3 Å². The first-order chi connectivity index (χ1) is 15.1. The van der Waals surface area contributed by atoms with Crippen LogP contribution in [-0.2, 0) is 16.4 Å². The lowest BCUT2D eigenvalue weighted by atomic mass is 9.93. The molecular formula is C24H28N4O2S. The Morgan fingerprint density at radius 2 is 1.81 bits per heavy atom. The molecule has 2 aliphatic heterocycles. The molecule has 1 saturated heterocycles. The number of H-pyrrole nitrogens is 1. The first-order valence-electron chi connectivity index (χ1n) is 11.0. The maximum absolute atomic E-state index is 12.9. The maximum Gasteiger partial charge on any atom is 0.243 e. The van der Waals surface area contributed by atoms with E-state index in [4.69, 9.17) is 0 Å². The van der Waals surface area contributed by atoms with E-state index >= 15 is 0 Å². The van der Waals surface area contributed by atoms with Crippen LogP contribution in [0, 0.1) is 5.92 Å². The summed E-state index contributed by atoms with van der Waals surface area (Å²) >= 11 is 0. The van der Waals surface area contributed by atoms with Gasteiger partial charge in [-0.25, -0.2) is 8.42 Å². The fourth-order valence-electron chi connectivity index (χ4n) is 4.84. The SMILES string of the molecule is O=S(=O)(c1ccccc1)N1CCC(CN2CCCc3cc(-c4cn[nH]c4)ccc32)CC1. The van der Waals surface area contributed by atoms with E-state index in [1.165, 1.54) is 16.8 Å². The number of piperidine rings is 1. The molecule has 0 saturated carbocycles. The van der Waals surface area contributed by atoms with Gasteiger partial charge in [0.25, 0.3) is 0 Å². The summed E-state index contributed by atoms with van der Waals surface area (Å²) in [6, 6.07) is 15.5. The molecule has 0 radical (unpaired) electrons. The molecule has 0 aliphatic carbocycles. The predicted molar refractivity (Wildman–Crippen MR) is 122 cm³/mol. The van der Waals surface area contributed by atoms with Crippen LogP contribution >= 0.6 is 0 Å². The van der Waals surface area contributed by atoms with Crippen molar-refractivity contribution in [2.45, 2.75) is 30.6 Å². The van der Waals surface area contributed by atoms with Gasteiger partial charge in [-0.3, -0.25) is 5.10 Å². The van der Waals surface area contributed by atoms with Crippen molar-refractivity contribution < 1.29 is 8.42 Å². The average molecular weight is 437 g/mol. The van der Waals surface area contributed by atoms with Gasteiger partial charge in [0.2, 0.25) is 10.0 Å². The van der Waals surface area contributed by atoms with Crippen LogP contribution in [0.5, 0.6) is 0 Å². The molecule has 1 fully saturated rings. The lowest BCUT2D eigenvalue weighted by Crippen LogP contribution is -2.42. The maximum atomic E-state index is 12.9. The Bertz CT molecular complexity index is 1120. The summed E-state index contributed by atoms with van der Waals surface area (Å²) in [7, 11) is -3.38. The van der Waals surface area contributed by atoms with Gasteiger partial charge in [0.05, 0.1) is 11.1 Å². The summed E-state index contributed by atoms with van der Waals surface area (Å²) in [5.41, 5.74) is 5.05. The lowest BCUT2D eigenvalue weighted by molar-refractivity contribution is 0.274. The van der Waals surface area contributed by atoms with E-state index < -0.39 is 10.0 Å². The number of aromatic nitrogens is 2. The van der Waals surface area contributed by atoms with E-state index in [0.29, 0.717) is 23.9 Å². The van der Waals surface area contributed by atoms with Crippen molar-refractivity contribution in [3.8, 4) is 11.1 Å². The molecule has 0 amide bonds. The molecule has 0 bridgehead atoms. The predicted octanol–water partition coefficient (Wildman–Crippen LogP) is 3.93. The zero-order valence-corrected chi connectivity index (χ0v) is 18.4. The number of rotatable bonds is 5. The highest BCUT2D eigenvalue weighted by Crippen LogP contribution is 2.33. The van der Waals surface area contributed by atoms with Crippen molar-refractivity contribution in [3.05, 3.63) is 66.5 Å². The monoisotopic (exact) mass is 436 g/mol. The fraction of sp³-hybridized carbons (Fsp3) is 0.375. The van der Waals surface area contributed by atoms with Crippen LogP contribution in [0.4, 0.5) is 5.69 Å². The molecule has 1 aromatic heterocycles. The largest absolute Gasteiger partial charge is 0.371 e. The number of aromatic amines is 1. The molecule has 0 atom stereocenters. The van der Waals surface area contributed by atoms with Gasteiger partial charge in [-0.05, 0) is 67.0 Å². The van der Waals surface area contributed by atoms with E-state index in [1.54, 1.807) is 28.6 Å². The van der Waals surface area contributed by atoms with E-state index in [-0.39, 0.29) is 0 Å². The van der Waals surface area contributed by atoms with Gasteiger partial charge in [-0.15, -0.1) is 0 Å². The van der Waals surface area contributed by atoms with Crippen LogP contribution < -0.4 is 4.90 Å². The minimum absolute atomic E-state index is 0.395. The summed E-state index contributed by atoms with van der Waals surface area (Å²) in [5, 5.41) is 6.95. The Kier molecular flexibility index (Phi) is 5.54. The van der Waals surface area contributed by atoms with Crippen molar-refractivity contribution in [2.24, 2.45) is 5.92 Å². The molecule has 0 unspecified atom stereocenters. The number of nitrogens with zero attached hydrogens (tertiary/aromatic N) is 3. The molecule has 5 rings (SSSR count). The van der Waals surface area contributed by atoms with Gasteiger partial charge < -0.3 is 4.90 Å². The molecule has 2 aromatic carbocycles. The Morgan fingerprint density at radius 3 is 2.55 bits per heavy atom. The van der Waals surface area contributed by atoms with E-state index in [1.807, 2.05) is 18.5 Å². The zero-order valence-electron chi connectivity index (χ0n) is 17.6. The summed E-state index contributed by atoms with van der Waals surface area (Å²) in [4.78, 5) is 2.90. The lowest BCUT2D eigenvalue weighted by Gasteiger charge is -2.37. The third-order valence-electron chi connectivity index (χ3n) is 6.56. The Hall–Kier alpha value is -2.64. The van der Waals surface area contributed by atoms with Crippen molar-refractivity contribution in [2.75, 3.05) is 31.1 Å².